The molecule has 0 bridgehead atoms. The van der Waals surface area contributed by atoms with E-state index in [2.05, 4.69) is 26.1 Å². The highest BCUT2D eigenvalue weighted by atomic mass is 16.5. The Balaban J connectivity index is 3.10. The molecule has 0 heterocycles. The van der Waals surface area contributed by atoms with E-state index in [1.54, 1.807) is 7.11 Å². The molecular weight excluding hydrogens is 178 g/mol. The van der Waals surface area contributed by atoms with Crippen LogP contribution in [-0.2, 0) is 9.47 Å². The van der Waals surface area contributed by atoms with Gasteiger partial charge >= 0.3 is 0 Å². The minimum atomic E-state index is 0.374. The molecule has 0 saturated carbocycles. The van der Waals surface area contributed by atoms with Gasteiger partial charge in [0.25, 0.3) is 0 Å². The molecule has 1 atom stereocenters. The van der Waals surface area contributed by atoms with Gasteiger partial charge in [-0.3, -0.25) is 0 Å². The van der Waals surface area contributed by atoms with Crippen molar-refractivity contribution in [3.8, 4) is 0 Å². The monoisotopic (exact) mass is 203 g/mol. The van der Waals surface area contributed by atoms with E-state index in [9.17, 15) is 0 Å². The Bertz CT molecular complexity index is 118. The Hall–Kier alpha value is -0.120. The summed E-state index contributed by atoms with van der Waals surface area (Å²) in [4.78, 5) is 0. The number of hydrogen-bond acceptors (Lipinski definition) is 3. The maximum atomic E-state index is 5.63. The van der Waals surface area contributed by atoms with Crippen molar-refractivity contribution >= 4 is 0 Å². The zero-order chi connectivity index (χ0) is 10.8. The van der Waals surface area contributed by atoms with Crippen molar-refractivity contribution in [2.45, 2.75) is 33.3 Å². The van der Waals surface area contributed by atoms with Crippen LogP contribution < -0.4 is 5.32 Å². The summed E-state index contributed by atoms with van der Waals surface area (Å²) in [5, 5.41) is 3.24. The van der Waals surface area contributed by atoms with Gasteiger partial charge in [0, 0.05) is 20.2 Å². The summed E-state index contributed by atoms with van der Waals surface area (Å²) in [7, 11) is 1.71. The minimum Gasteiger partial charge on any atom is -0.383 e. The van der Waals surface area contributed by atoms with Crippen molar-refractivity contribution in [3.05, 3.63) is 0 Å². The molecule has 0 aromatic rings. The van der Waals surface area contributed by atoms with Crippen LogP contribution in [0, 0.1) is 5.92 Å². The molecular formula is C11H25NO2. The molecule has 1 N–H and O–H groups in total. The average Bonchev–Trinajstić information content (AvgIpc) is 2.10. The Morgan fingerprint density at radius 3 is 2.29 bits per heavy atom. The van der Waals surface area contributed by atoms with E-state index in [1.807, 2.05) is 0 Å². The molecule has 0 saturated heterocycles. The second-order valence-electron chi connectivity index (χ2n) is 4.05. The summed E-state index contributed by atoms with van der Waals surface area (Å²) in [6.45, 7) is 9.94. The molecule has 0 amide bonds. The Labute approximate surface area is 88.2 Å². The van der Waals surface area contributed by atoms with Crippen molar-refractivity contribution in [2.24, 2.45) is 5.92 Å². The van der Waals surface area contributed by atoms with E-state index >= 15 is 0 Å². The zero-order valence-corrected chi connectivity index (χ0v) is 10.0. The highest BCUT2D eigenvalue weighted by molar-refractivity contribution is 4.54. The fourth-order valence-electron chi connectivity index (χ4n) is 1.36. The molecule has 0 fully saturated rings. The van der Waals surface area contributed by atoms with E-state index < -0.39 is 0 Å². The number of ether oxygens (including phenoxy) is 2. The van der Waals surface area contributed by atoms with Crippen LogP contribution in [0.3, 0.4) is 0 Å². The van der Waals surface area contributed by atoms with Gasteiger partial charge in [-0.25, -0.2) is 0 Å². The van der Waals surface area contributed by atoms with Crippen LogP contribution in [0.1, 0.15) is 27.2 Å². The summed E-state index contributed by atoms with van der Waals surface area (Å²) < 4.78 is 10.5. The first-order valence-corrected chi connectivity index (χ1v) is 5.48. The van der Waals surface area contributed by atoms with Crippen LogP contribution in [0.15, 0.2) is 0 Å². The zero-order valence-electron chi connectivity index (χ0n) is 10.0. The maximum absolute atomic E-state index is 5.63. The van der Waals surface area contributed by atoms with Crippen LogP contribution in [0.25, 0.3) is 0 Å². The summed E-state index contributed by atoms with van der Waals surface area (Å²) in [6, 6.07) is 0. The van der Waals surface area contributed by atoms with Gasteiger partial charge in [0.05, 0.1) is 19.3 Å². The summed E-state index contributed by atoms with van der Waals surface area (Å²) in [6.07, 6.45) is 1.51. The van der Waals surface area contributed by atoms with Gasteiger partial charge in [0.1, 0.15) is 0 Å². The SMILES string of the molecule is COCCNCCOC(C)CC(C)C. The van der Waals surface area contributed by atoms with Crippen molar-refractivity contribution in [1.82, 2.24) is 5.32 Å². The largest absolute Gasteiger partial charge is 0.383 e. The van der Waals surface area contributed by atoms with Gasteiger partial charge in [-0.15, -0.1) is 0 Å². The molecule has 3 heteroatoms. The molecule has 86 valence electrons. The lowest BCUT2D eigenvalue weighted by Gasteiger charge is -2.15. The van der Waals surface area contributed by atoms with E-state index in [-0.39, 0.29) is 0 Å². The number of nitrogens with one attached hydrogen (secondary N) is 1. The molecule has 1 unspecified atom stereocenters. The lowest BCUT2D eigenvalue weighted by molar-refractivity contribution is 0.0532. The quantitative estimate of drug-likeness (QED) is 0.578. The van der Waals surface area contributed by atoms with Crippen molar-refractivity contribution in [3.63, 3.8) is 0 Å². The van der Waals surface area contributed by atoms with Crippen LogP contribution in [0.5, 0.6) is 0 Å². The molecule has 0 spiro atoms. The second kappa shape index (κ2) is 9.44. The molecule has 0 aliphatic carbocycles. The van der Waals surface area contributed by atoms with Gasteiger partial charge in [0.15, 0.2) is 0 Å². The topological polar surface area (TPSA) is 30.5 Å². The molecule has 0 aromatic carbocycles. The van der Waals surface area contributed by atoms with Crippen molar-refractivity contribution < 1.29 is 9.47 Å². The van der Waals surface area contributed by atoms with Gasteiger partial charge in [0.2, 0.25) is 0 Å². The summed E-state index contributed by atoms with van der Waals surface area (Å²) in [5.74, 6) is 0.714. The van der Waals surface area contributed by atoms with Crippen molar-refractivity contribution in [1.29, 1.82) is 0 Å². The molecule has 0 rings (SSSR count). The molecule has 0 aliphatic heterocycles. The van der Waals surface area contributed by atoms with E-state index in [0.29, 0.717) is 12.0 Å². The lowest BCUT2D eigenvalue weighted by Crippen LogP contribution is -2.25. The highest BCUT2D eigenvalue weighted by Crippen LogP contribution is 2.06. The third-order valence-electron chi connectivity index (χ3n) is 1.97. The van der Waals surface area contributed by atoms with Gasteiger partial charge in [-0.05, 0) is 19.3 Å². The number of methoxy groups -OCH3 is 1. The van der Waals surface area contributed by atoms with Crippen LogP contribution >= 0.6 is 0 Å². The second-order valence-corrected chi connectivity index (χ2v) is 4.05. The molecule has 3 nitrogen and oxygen atoms in total. The predicted octanol–water partition coefficient (Wildman–Crippen LogP) is 1.67. The molecule has 0 aromatic heterocycles. The lowest BCUT2D eigenvalue weighted by atomic mass is 10.1. The van der Waals surface area contributed by atoms with Gasteiger partial charge in [-0.1, -0.05) is 13.8 Å². The third-order valence-corrected chi connectivity index (χ3v) is 1.97. The van der Waals surface area contributed by atoms with Crippen LogP contribution in [0.4, 0.5) is 0 Å². The fraction of sp³-hybridized carbons (Fsp3) is 1.00. The van der Waals surface area contributed by atoms with E-state index in [4.69, 9.17) is 9.47 Å². The molecule has 0 radical (unpaired) electrons. The molecule has 0 aliphatic rings. The van der Waals surface area contributed by atoms with Gasteiger partial charge in [-0.2, -0.15) is 0 Å². The summed E-state index contributed by atoms with van der Waals surface area (Å²) in [5.41, 5.74) is 0. The normalized spacial score (nSPS) is 13.5. The van der Waals surface area contributed by atoms with E-state index in [1.165, 1.54) is 0 Å². The number of hydrogen-bond donors (Lipinski definition) is 1. The first kappa shape index (κ1) is 13.9. The maximum Gasteiger partial charge on any atom is 0.0594 e. The highest BCUT2D eigenvalue weighted by Gasteiger charge is 2.03. The average molecular weight is 203 g/mol. The minimum absolute atomic E-state index is 0.374. The van der Waals surface area contributed by atoms with Crippen molar-refractivity contribution in [2.75, 3.05) is 33.4 Å². The smallest absolute Gasteiger partial charge is 0.0594 e. The van der Waals surface area contributed by atoms with Gasteiger partial charge < -0.3 is 14.8 Å². The van der Waals surface area contributed by atoms with E-state index in [0.717, 1.165) is 32.7 Å². The third kappa shape index (κ3) is 9.96. The standard InChI is InChI=1S/C11H25NO2/c1-10(2)9-11(3)14-8-6-12-5-7-13-4/h10-12H,5-9H2,1-4H3. The Morgan fingerprint density at radius 1 is 1.07 bits per heavy atom. The Kier molecular flexibility index (Phi) is 9.35. The Morgan fingerprint density at radius 2 is 1.71 bits per heavy atom. The predicted molar refractivity (Wildman–Crippen MR) is 59.6 cm³/mol. The molecule has 14 heavy (non-hydrogen) atoms. The van der Waals surface area contributed by atoms with Crippen LogP contribution in [-0.4, -0.2) is 39.5 Å². The fourth-order valence-corrected chi connectivity index (χ4v) is 1.36. The summed E-state index contributed by atoms with van der Waals surface area (Å²) >= 11 is 0. The first-order chi connectivity index (χ1) is 6.66. The van der Waals surface area contributed by atoms with Crippen LogP contribution in [0.2, 0.25) is 0 Å². The number of rotatable bonds is 9. The first-order valence-electron chi connectivity index (χ1n) is 5.48.